The molecule has 1 amide bonds. The summed E-state index contributed by atoms with van der Waals surface area (Å²) in [5, 5.41) is 0.689. The SMILES string of the molecule is Cc1sc2nc(CSCC(=O)N3CCc4ccccc4C3)[nH]c(=O)c2c1C. The third-order valence-electron chi connectivity index (χ3n) is 5.04. The summed E-state index contributed by atoms with van der Waals surface area (Å²) in [6, 6.07) is 8.30. The van der Waals surface area contributed by atoms with Gasteiger partial charge in [-0.25, -0.2) is 4.98 Å². The van der Waals surface area contributed by atoms with Gasteiger partial charge in [-0.3, -0.25) is 9.59 Å². The van der Waals surface area contributed by atoms with Gasteiger partial charge in [0.25, 0.3) is 5.56 Å². The van der Waals surface area contributed by atoms with Gasteiger partial charge in [0.1, 0.15) is 10.7 Å². The Morgan fingerprint density at radius 3 is 2.89 bits per heavy atom. The molecule has 1 aliphatic rings. The van der Waals surface area contributed by atoms with Gasteiger partial charge in [-0.2, -0.15) is 0 Å². The Morgan fingerprint density at radius 1 is 1.30 bits per heavy atom. The molecule has 0 bridgehead atoms. The fraction of sp³-hybridized carbons (Fsp3) is 0.350. The maximum absolute atomic E-state index is 12.5. The number of fused-ring (bicyclic) bond motifs is 2. The third-order valence-corrected chi connectivity index (χ3v) is 7.07. The van der Waals surface area contributed by atoms with Crippen LogP contribution in [0.5, 0.6) is 0 Å². The van der Waals surface area contributed by atoms with Crippen molar-refractivity contribution >= 4 is 39.2 Å². The van der Waals surface area contributed by atoms with Crippen molar-refractivity contribution in [1.29, 1.82) is 0 Å². The lowest BCUT2D eigenvalue weighted by atomic mass is 10.00. The van der Waals surface area contributed by atoms with Crippen molar-refractivity contribution in [3.8, 4) is 0 Å². The van der Waals surface area contributed by atoms with Crippen LogP contribution in [0.15, 0.2) is 29.1 Å². The highest BCUT2D eigenvalue weighted by atomic mass is 32.2. The van der Waals surface area contributed by atoms with Crippen LogP contribution in [0.3, 0.4) is 0 Å². The summed E-state index contributed by atoms with van der Waals surface area (Å²) in [6.07, 6.45) is 0.912. The number of amides is 1. The zero-order valence-electron chi connectivity index (χ0n) is 15.4. The maximum atomic E-state index is 12.5. The van der Waals surface area contributed by atoms with E-state index in [-0.39, 0.29) is 11.5 Å². The molecule has 0 saturated heterocycles. The second kappa shape index (κ2) is 7.48. The number of nitrogens with zero attached hydrogens (tertiary/aromatic N) is 2. The lowest BCUT2D eigenvalue weighted by molar-refractivity contribution is -0.129. The minimum absolute atomic E-state index is 0.0867. The summed E-state index contributed by atoms with van der Waals surface area (Å²) < 4.78 is 0. The normalized spacial score (nSPS) is 13.8. The molecule has 0 unspecified atom stereocenters. The van der Waals surface area contributed by atoms with Gasteiger partial charge in [-0.1, -0.05) is 24.3 Å². The Balaban J connectivity index is 1.38. The van der Waals surface area contributed by atoms with Crippen LogP contribution in [-0.2, 0) is 23.5 Å². The summed E-state index contributed by atoms with van der Waals surface area (Å²) in [4.78, 5) is 36.1. The number of benzene rings is 1. The Bertz CT molecular complexity index is 1070. The molecule has 0 fully saturated rings. The van der Waals surface area contributed by atoms with E-state index in [1.165, 1.54) is 22.9 Å². The molecule has 27 heavy (non-hydrogen) atoms. The number of carbonyl (C=O) groups is 1. The first-order chi connectivity index (χ1) is 13.0. The molecule has 1 aliphatic heterocycles. The van der Waals surface area contributed by atoms with Crippen LogP contribution in [0, 0.1) is 13.8 Å². The van der Waals surface area contributed by atoms with Crippen molar-refractivity contribution in [2.45, 2.75) is 32.6 Å². The Kier molecular flexibility index (Phi) is 5.06. The van der Waals surface area contributed by atoms with Gasteiger partial charge < -0.3 is 9.88 Å². The quantitative estimate of drug-likeness (QED) is 0.730. The summed E-state index contributed by atoms with van der Waals surface area (Å²) >= 11 is 3.05. The number of hydrogen-bond donors (Lipinski definition) is 1. The lowest BCUT2D eigenvalue weighted by Gasteiger charge is -2.28. The van der Waals surface area contributed by atoms with Crippen LogP contribution in [0.1, 0.15) is 27.4 Å². The van der Waals surface area contributed by atoms with Crippen LogP contribution < -0.4 is 5.56 Å². The molecule has 2 aromatic heterocycles. The van der Waals surface area contributed by atoms with Gasteiger partial charge in [-0.15, -0.1) is 23.1 Å². The van der Waals surface area contributed by atoms with Crippen molar-refractivity contribution in [2.75, 3.05) is 12.3 Å². The van der Waals surface area contributed by atoms with E-state index in [0.717, 1.165) is 28.2 Å². The zero-order valence-corrected chi connectivity index (χ0v) is 17.0. The van der Waals surface area contributed by atoms with Crippen LogP contribution in [0.25, 0.3) is 10.2 Å². The van der Waals surface area contributed by atoms with Crippen molar-refractivity contribution in [2.24, 2.45) is 0 Å². The molecule has 0 atom stereocenters. The van der Waals surface area contributed by atoms with E-state index >= 15 is 0 Å². The van der Waals surface area contributed by atoms with E-state index in [1.54, 1.807) is 11.3 Å². The first-order valence-corrected chi connectivity index (χ1v) is 10.9. The van der Waals surface area contributed by atoms with Crippen molar-refractivity contribution in [3.05, 3.63) is 62.0 Å². The number of aryl methyl sites for hydroxylation is 2. The molecule has 3 heterocycles. The molecule has 140 valence electrons. The Labute approximate surface area is 165 Å². The van der Waals surface area contributed by atoms with E-state index in [0.29, 0.717) is 29.3 Å². The molecular weight excluding hydrogens is 378 g/mol. The number of H-pyrrole nitrogens is 1. The number of thioether (sulfide) groups is 1. The second-order valence-electron chi connectivity index (χ2n) is 6.80. The molecule has 0 saturated carbocycles. The van der Waals surface area contributed by atoms with E-state index in [9.17, 15) is 9.59 Å². The summed E-state index contributed by atoms with van der Waals surface area (Å²) in [6.45, 7) is 5.41. The first-order valence-electron chi connectivity index (χ1n) is 8.94. The Morgan fingerprint density at radius 2 is 2.07 bits per heavy atom. The number of aromatic nitrogens is 2. The van der Waals surface area contributed by atoms with Gasteiger partial charge in [0.2, 0.25) is 5.91 Å². The van der Waals surface area contributed by atoms with Gasteiger partial charge in [0.05, 0.1) is 16.9 Å². The zero-order chi connectivity index (χ0) is 19.0. The molecule has 5 nitrogen and oxygen atoms in total. The second-order valence-corrected chi connectivity index (χ2v) is 8.99. The highest BCUT2D eigenvalue weighted by molar-refractivity contribution is 7.99. The molecule has 1 aromatic carbocycles. The molecule has 0 spiro atoms. The summed E-state index contributed by atoms with van der Waals surface area (Å²) in [7, 11) is 0. The van der Waals surface area contributed by atoms with E-state index in [4.69, 9.17) is 0 Å². The van der Waals surface area contributed by atoms with Gasteiger partial charge in [0, 0.05) is 18.0 Å². The number of thiophene rings is 1. The fourth-order valence-electron chi connectivity index (χ4n) is 3.40. The van der Waals surface area contributed by atoms with Crippen LogP contribution in [0.2, 0.25) is 0 Å². The average molecular weight is 400 g/mol. The van der Waals surface area contributed by atoms with E-state index in [1.807, 2.05) is 30.9 Å². The number of carbonyl (C=O) groups excluding carboxylic acids is 1. The van der Waals surface area contributed by atoms with Crippen molar-refractivity contribution in [3.63, 3.8) is 0 Å². The Hall–Kier alpha value is -2.12. The van der Waals surface area contributed by atoms with E-state index in [2.05, 4.69) is 22.1 Å². The smallest absolute Gasteiger partial charge is 0.259 e. The standard InChI is InChI=1S/C20H21N3O2S2/c1-12-13(2)27-20-18(12)19(25)21-16(22-20)10-26-11-17(24)23-8-7-14-5-3-4-6-15(14)9-23/h3-6H,7-11H2,1-2H3,(H,21,22,25). The minimum atomic E-state index is -0.0867. The maximum Gasteiger partial charge on any atom is 0.259 e. The minimum Gasteiger partial charge on any atom is -0.337 e. The highest BCUT2D eigenvalue weighted by Crippen LogP contribution is 2.26. The monoisotopic (exact) mass is 399 g/mol. The lowest BCUT2D eigenvalue weighted by Crippen LogP contribution is -2.37. The van der Waals surface area contributed by atoms with Gasteiger partial charge in [0.15, 0.2) is 0 Å². The van der Waals surface area contributed by atoms with Crippen molar-refractivity contribution < 1.29 is 4.79 Å². The third kappa shape index (κ3) is 3.66. The van der Waals surface area contributed by atoms with Crippen molar-refractivity contribution in [1.82, 2.24) is 14.9 Å². The first kappa shape index (κ1) is 18.3. The highest BCUT2D eigenvalue weighted by Gasteiger charge is 2.20. The topological polar surface area (TPSA) is 66.1 Å². The van der Waals surface area contributed by atoms with Gasteiger partial charge in [-0.05, 0) is 37.0 Å². The number of nitrogens with one attached hydrogen (secondary N) is 1. The molecule has 7 heteroatoms. The van der Waals surface area contributed by atoms with Gasteiger partial charge >= 0.3 is 0 Å². The average Bonchev–Trinajstić information content (AvgIpc) is 2.95. The fourth-order valence-corrected chi connectivity index (χ4v) is 5.24. The molecule has 1 N–H and O–H groups in total. The molecule has 0 aliphatic carbocycles. The summed E-state index contributed by atoms with van der Waals surface area (Å²) in [5.41, 5.74) is 3.49. The summed E-state index contributed by atoms with van der Waals surface area (Å²) in [5.74, 6) is 1.69. The number of hydrogen-bond acceptors (Lipinski definition) is 5. The molecular formula is C20H21N3O2S2. The molecule has 4 rings (SSSR count). The number of rotatable bonds is 4. The van der Waals surface area contributed by atoms with Crippen LogP contribution in [-0.4, -0.2) is 33.1 Å². The molecule has 3 aromatic rings. The van der Waals surface area contributed by atoms with Crippen LogP contribution >= 0.6 is 23.1 Å². The van der Waals surface area contributed by atoms with E-state index < -0.39 is 0 Å². The largest absolute Gasteiger partial charge is 0.337 e. The predicted molar refractivity (Wildman–Crippen MR) is 111 cm³/mol. The predicted octanol–water partition coefficient (Wildman–Crippen LogP) is 3.42. The van der Waals surface area contributed by atoms with Crippen LogP contribution in [0.4, 0.5) is 0 Å². The molecule has 0 radical (unpaired) electrons. The number of aromatic amines is 1.